The maximum atomic E-state index is 10.3. The van der Waals surface area contributed by atoms with Gasteiger partial charge in [0.25, 0.3) is 0 Å². The molecule has 1 unspecified atom stereocenters. The van der Waals surface area contributed by atoms with Crippen LogP contribution in [0.4, 0.5) is 0 Å². The zero-order chi connectivity index (χ0) is 9.56. The molecule has 0 spiro atoms. The molecule has 0 aromatic heterocycles. The van der Waals surface area contributed by atoms with Crippen LogP contribution >= 0.6 is 0 Å². The van der Waals surface area contributed by atoms with Crippen molar-refractivity contribution < 1.29 is 9.90 Å². The lowest BCUT2D eigenvalue weighted by atomic mass is 9.98. The molecule has 0 saturated heterocycles. The number of nitrogens with one attached hydrogen (secondary N) is 1. The molecule has 0 rings (SSSR count). The van der Waals surface area contributed by atoms with Gasteiger partial charge in [0.15, 0.2) is 0 Å². The fourth-order valence-electron chi connectivity index (χ4n) is 0.915. The molecule has 0 saturated carbocycles. The predicted molar refractivity (Wildman–Crippen MR) is 46.2 cm³/mol. The van der Waals surface area contributed by atoms with E-state index < -0.39 is 12.0 Å². The highest BCUT2D eigenvalue weighted by molar-refractivity contribution is 5.73. The van der Waals surface area contributed by atoms with Crippen LogP contribution in [0.5, 0.6) is 0 Å². The van der Waals surface area contributed by atoms with Crippen molar-refractivity contribution in [1.82, 2.24) is 0 Å². The first-order valence-electron chi connectivity index (χ1n) is 3.79. The van der Waals surface area contributed by atoms with Crippen LogP contribution in [0.1, 0.15) is 12.8 Å². The summed E-state index contributed by atoms with van der Waals surface area (Å²) in [6.07, 6.45) is 2.06. The number of carboxylic acid groups (broad SMARTS) is 1. The summed E-state index contributed by atoms with van der Waals surface area (Å²) < 4.78 is 0. The molecule has 70 valence electrons. The summed E-state index contributed by atoms with van der Waals surface area (Å²) in [7, 11) is 0. The summed E-state index contributed by atoms with van der Waals surface area (Å²) in [5.41, 5.74) is 10.6. The van der Waals surface area contributed by atoms with Gasteiger partial charge in [-0.15, -0.1) is 0 Å². The van der Waals surface area contributed by atoms with Gasteiger partial charge in [0.05, 0.1) is 0 Å². The van der Waals surface area contributed by atoms with Crippen molar-refractivity contribution in [3.63, 3.8) is 0 Å². The van der Waals surface area contributed by atoms with Gasteiger partial charge in [-0.05, 0) is 31.5 Å². The van der Waals surface area contributed by atoms with E-state index in [-0.39, 0.29) is 5.92 Å². The topological polar surface area (TPSA) is 113 Å². The van der Waals surface area contributed by atoms with Crippen molar-refractivity contribution >= 4 is 12.2 Å². The number of nitrogens with two attached hydrogens (primary N) is 2. The molecule has 0 aliphatic heterocycles. The lowest BCUT2D eigenvalue weighted by molar-refractivity contribution is -0.138. The van der Waals surface area contributed by atoms with E-state index in [0.717, 1.165) is 0 Å². The van der Waals surface area contributed by atoms with E-state index >= 15 is 0 Å². The molecule has 5 heteroatoms. The van der Waals surface area contributed by atoms with Gasteiger partial charge in [-0.1, -0.05) is 0 Å². The zero-order valence-corrected chi connectivity index (χ0v) is 6.86. The van der Waals surface area contributed by atoms with Crippen molar-refractivity contribution in [2.24, 2.45) is 17.4 Å². The van der Waals surface area contributed by atoms with Crippen LogP contribution in [0, 0.1) is 11.3 Å². The molecule has 5 nitrogen and oxygen atoms in total. The fourth-order valence-corrected chi connectivity index (χ4v) is 0.915. The van der Waals surface area contributed by atoms with Crippen molar-refractivity contribution in [1.29, 1.82) is 5.41 Å². The highest BCUT2D eigenvalue weighted by atomic mass is 16.4. The molecule has 0 radical (unpaired) electrons. The first-order valence-corrected chi connectivity index (χ1v) is 3.79. The number of aliphatic carboxylic acids is 1. The zero-order valence-electron chi connectivity index (χ0n) is 6.86. The highest BCUT2D eigenvalue weighted by Gasteiger charge is 2.16. The number of carboxylic acids is 1. The average molecular weight is 173 g/mol. The standard InChI is InChI=1S/C7H15N3O2/c8-2-1-5(4-9)3-6(10)7(11)12/h2,5-6,8H,1,3-4,9-10H2,(H,11,12)/t5?,6-/m0/s1. The van der Waals surface area contributed by atoms with Crippen LogP contribution in [0.2, 0.25) is 0 Å². The van der Waals surface area contributed by atoms with Crippen LogP contribution in [0.25, 0.3) is 0 Å². The molecule has 6 N–H and O–H groups in total. The Kier molecular flexibility index (Phi) is 5.23. The first-order chi connectivity index (χ1) is 5.61. The molecule has 0 amide bonds. The van der Waals surface area contributed by atoms with Gasteiger partial charge in [-0.3, -0.25) is 4.79 Å². The second kappa shape index (κ2) is 5.68. The highest BCUT2D eigenvalue weighted by Crippen LogP contribution is 2.07. The molecule has 0 aliphatic rings. The van der Waals surface area contributed by atoms with Crippen LogP contribution in [-0.2, 0) is 4.79 Å². The minimum atomic E-state index is -1.02. The third-order valence-corrected chi connectivity index (χ3v) is 1.69. The van der Waals surface area contributed by atoms with Gasteiger partial charge in [-0.2, -0.15) is 0 Å². The van der Waals surface area contributed by atoms with Crippen LogP contribution in [-0.4, -0.2) is 29.9 Å². The second-order valence-electron chi connectivity index (χ2n) is 2.72. The molecule has 0 aromatic carbocycles. The maximum absolute atomic E-state index is 10.3. The number of rotatable bonds is 6. The summed E-state index contributed by atoms with van der Waals surface area (Å²) in [5.74, 6) is -1.01. The van der Waals surface area contributed by atoms with E-state index in [1.54, 1.807) is 0 Å². The third kappa shape index (κ3) is 4.05. The quantitative estimate of drug-likeness (QED) is 0.402. The molecule has 0 bridgehead atoms. The van der Waals surface area contributed by atoms with Crippen molar-refractivity contribution in [2.75, 3.05) is 6.54 Å². The van der Waals surface area contributed by atoms with Crippen LogP contribution in [0.15, 0.2) is 0 Å². The number of carbonyl (C=O) groups is 1. The fraction of sp³-hybridized carbons (Fsp3) is 0.714. The third-order valence-electron chi connectivity index (χ3n) is 1.69. The van der Waals surface area contributed by atoms with E-state index in [1.807, 2.05) is 0 Å². The predicted octanol–water partition coefficient (Wildman–Crippen LogP) is -0.597. The van der Waals surface area contributed by atoms with Gasteiger partial charge in [0.2, 0.25) is 0 Å². The molecular formula is C7H15N3O2. The van der Waals surface area contributed by atoms with E-state index in [4.69, 9.17) is 22.0 Å². The van der Waals surface area contributed by atoms with Gasteiger partial charge in [-0.25, -0.2) is 0 Å². The Morgan fingerprint density at radius 1 is 1.67 bits per heavy atom. The molecule has 12 heavy (non-hydrogen) atoms. The van der Waals surface area contributed by atoms with Gasteiger partial charge in [0, 0.05) is 0 Å². The molecule has 0 heterocycles. The lowest BCUT2D eigenvalue weighted by Crippen LogP contribution is -2.34. The van der Waals surface area contributed by atoms with Gasteiger partial charge >= 0.3 is 5.97 Å². The summed E-state index contributed by atoms with van der Waals surface area (Å²) in [6, 6.07) is -0.863. The average Bonchev–Trinajstić information content (AvgIpc) is 2.03. The smallest absolute Gasteiger partial charge is 0.320 e. The van der Waals surface area contributed by atoms with E-state index in [0.29, 0.717) is 19.4 Å². The minimum Gasteiger partial charge on any atom is -0.480 e. The van der Waals surface area contributed by atoms with E-state index in [9.17, 15) is 4.79 Å². The summed E-state index contributed by atoms with van der Waals surface area (Å²) in [5, 5.41) is 15.3. The van der Waals surface area contributed by atoms with Crippen molar-refractivity contribution in [2.45, 2.75) is 18.9 Å². The molecular weight excluding hydrogens is 158 g/mol. The summed E-state index contributed by atoms with van der Waals surface area (Å²) in [4.78, 5) is 10.3. The van der Waals surface area contributed by atoms with Crippen LogP contribution < -0.4 is 11.5 Å². The maximum Gasteiger partial charge on any atom is 0.320 e. The Morgan fingerprint density at radius 3 is 2.58 bits per heavy atom. The molecule has 0 aliphatic carbocycles. The summed E-state index contributed by atoms with van der Waals surface area (Å²) in [6.45, 7) is 0.371. The minimum absolute atomic E-state index is 0.00796. The largest absolute Gasteiger partial charge is 0.480 e. The Labute approximate surface area is 71.2 Å². The molecule has 2 atom stereocenters. The number of hydrogen-bond acceptors (Lipinski definition) is 4. The van der Waals surface area contributed by atoms with E-state index in [2.05, 4.69) is 0 Å². The lowest BCUT2D eigenvalue weighted by Gasteiger charge is -2.14. The molecule has 0 aromatic rings. The SMILES string of the molecule is N=CCC(CN)C[C@H](N)C(=O)O. The Hall–Kier alpha value is -0.940. The summed E-state index contributed by atoms with van der Waals surface area (Å²) >= 11 is 0. The number of hydrogen-bond donors (Lipinski definition) is 4. The second-order valence-corrected chi connectivity index (χ2v) is 2.72. The normalized spacial score (nSPS) is 15.2. The first kappa shape index (κ1) is 11.1. The van der Waals surface area contributed by atoms with Crippen LogP contribution in [0.3, 0.4) is 0 Å². The Morgan fingerprint density at radius 2 is 2.25 bits per heavy atom. The van der Waals surface area contributed by atoms with Gasteiger partial charge in [0.1, 0.15) is 6.04 Å². The van der Waals surface area contributed by atoms with E-state index in [1.165, 1.54) is 6.21 Å². The monoisotopic (exact) mass is 173 g/mol. The Bertz CT molecular complexity index is 161. The Balaban J connectivity index is 3.83. The molecule has 0 fully saturated rings. The van der Waals surface area contributed by atoms with Gasteiger partial charge < -0.3 is 22.0 Å². The van der Waals surface area contributed by atoms with Crippen molar-refractivity contribution in [3.05, 3.63) is 0 Å². The van der Waals surface area contributed by atoms with Crippen molar-refractivity contribution in [3.8, 4) is 0 Å².